The average Bonchev–Trinajstić information content (AvgIpc) is 2.49. The molecule has 2 heteroatoms. The van der Waals surface area contributed by atoms with Crippen molar-refractivity contribution in [1.29, 1.82) is 0 Å². The van der Waals surface area contributed by atoms with Crippen molar-refractivity contribution >= 4 is 17.3 Å². The molecule has 0 aliphatic heterocycles. The third-order valence-corrected chi connectivity index (χ3v) is 3.39. The maximum Gasteiger partial charge on any atom is 0.169 e. The molecule has 2 nitrogen and oxygen atoms in total. The number of anilines is 1. The van der Waals surface area contributed by atoms with Crippen LogP contribution in [0.15, 0.2) is 48.8 Å². The molecule has 2 aromatic rings. The van der Waals surface area contributed by atoms with Crippen LogP contribution in [0, 0.1) is 0 Å². The van der Waals surface area contributed by atoms with Crippen molar-refractivity contribution in [2.45, 2.75) is 27.3 Å². The van der Waals surface area contributed by atoms with Crippen molar-refractivity contribution < 1.29 is 4.57 Å². The van der Waals surface area contributed by atoms with Crippen molar-refractivity contribution in [3.63, 3.8) is 0 Å². The Balaban J connectivity index is 2.15. The molecule has 0 fully saturated rings. The van der Waals surface area contributed by atoms with Gasteiger partial charge in [0.15, 0.2) is 12.4 Å². The molecule has 104 valence electrons. The zero-order chi connectivity index (χ0) is 14.4. The van der Waals surface area contributed by atoms with Gasteiger partial charge < -0.3 is 5.32 Å². The molecular weight excluding hydrogens is 244 g/mol. The Morgan fingerprint density at radius 1 is 1.05 bits per heavy atom. The SMILES string of the molecule is CCNc1ccc(/C=C(\C)c2cc[n+](CC)cc2)cc1. The highest BCUT2D eigenvalue weighted by atomic mass is 14.9. The number of nitrogens with zero attached hydrogens (tertiary/aromatic N) is 1. The van der Waals surface area contributed by atoms with Gasteiger partial charge in [0, 0.05) is 24.4 Å². The summed E-state index contributed by atoms with van der Waals surface area (Å²) in [6.07, 6.45) is 6.48. The molecule has 0 aliphatic carbocycles. The Bertz CT molecular complexity index is 565. The lowest BCUT2D eigenvalue weighted by Crippen LogP contribution is -2.30. The van der Waals surface area contributed by atoms with Gasteiger partial charge in [0.25, 0.3) is 0 Å². The second-order valence-corrected chi connectivity index (χ2v) is 4.90. The third-order valence-electron chi connectivity index (χ3n) is 3.39. The zero-order valence-electron chi connectivity index (χ0n) is 12.6. The lowest BCUT2D eigenvalue weighted by Gasteiger charge is -2.04. The van der Waals surface area contributed by atoms with E-state index < -0.39 is 0 Å². The van der Waals surface area contributed by atoms with E-state index >= 15 is 0 Å². The molecule has 0 amide bonds. The number of hydrogen-bond donors (Lipinski definition) is 1. The summed E-state index contributed by atoms with van der Waals surface area (Å²) in [6, 6.07) is 12.9. The summed E-state index contributed by atoms with van der Waals surface area (Å²) in [4.78, 5) is 0. The summed E-state index contributed by atoms with van der Waals surface area (Å²) in [7, 11) is 0. The molecule has 0 saturated heterocycles. The Labute approximate surface area is 121 Å². The second kappa shape index (κ2) is 6.90. The van der Waals surface area contributed by atoms with Crippen LogP contribution in [0.2, 0.25) is 0 Å². The number of aryl methyl sites for hydroxylation is 1. The maximum atomic E-state index is 3.31. The number of rotatable bonds is 5. The Hall–Kier alpha value is -2.09. The second-order valence-electron chi connectivity index (χ2n) is 4.90. The van der Waals surface area contributed by atoms with Crippen LogP contribution in [0.4, 0.5) is 5.69 Å². The summed E-state index contributed by atoms with van der Waals surface area (Å²) in [5.41, 5.74) is 4.96. The largest absolute Gasteiger partial charge is 0.385 e. The van der Waals surface area contributed by atoms with Crippen molar-refractivity contribution in [3.8, 4) is 0 Å². The lowest BCUT2D eigenvalue weighted by molar-refractivity contribution is -0.693. The van der Waals surface area contributed by atoms with E-state index in [0.717, 1.165) is 13.1 Å². The van der Waals surface area contributed by atoms with Crippen LogP contribution >= 0.6 is 0 Å². The van der Waals surface area contributed by atoms with E-state index in [0.29, 0.717) is 0 Å². The number of allylic oxidation sites excluding steroid dienone is 1. The van der Waals surface area contributed by atoms with Gasteiger partial charge in [-0.15, -0.1) is 0 Å². The smallest absolute Gasteiger partial charge is 0.169 e. The molecule has 2 rings (SSSR count). The summed E-state index contributed by atoms with van der Waals surface area (Å²) < 4.78 is 2.17. The molecule has 1 aromatic carbocycles. The Morgan fingerprint density at radius 3 is 2.25 bits per heavy atom. The van der Waals surface area contributed by atoms with Gasteiger partial charge in [-0.25, -0.2) is 4.57 Å². The first-order valence-corrected chi connectivity index (χ1v) is 7.24. The highest BCUT2D eigenvalue weighted by Gasteiger charge is 2.00. The van der Waals surface area contributed by atoms with Crippen LogP contribution in [0.5, 0.6) is 0 Å². The minimum Gasteiger partial charge on any atom is -0.385 e. The fraction of sp³-hybridized carbons (Fsp3) is 0.278. The Kier molecular flexibility index (Phi) is 4.94. The van der Waals surface area contributed by atoms with Crippen LogP contribution in [0.1, 0.15) is 31.9 Å². The molecule has 0 spiro atoms. The summed E-state index contributed by atoms with van der Waals surface area (Å²) >= 11 is 0. The topological polar surface area (TPSA) is 15.9 Å². The minimum absolute atomic E-state index is 0.954. The van der Waals surface area contributed by atoms with E-state index in [-0.39, 0.29) is 0 Å². The first-order chi connectivity index (χ1) is 9.72. The van der Waals surface area contributed by atoms with E-state index in [1.54, 1.807) is 0 Å². The van der Waals surface area contributed by atoms with Gasteiger partial charge in [0.2, 0.25) is 0 Å². The predicted octanol–water partition coefficient (Wildman–Crippen LogP) is 3.99. The molecule has 1 heterocycles. The number of benzene rings is 1. The molecule has 0 radical (unpaired) electrons. The lowest BCUT2D eigenvalue weighted by atomic mass is 10.1. The summed E-state index contributed by atoms with van der Waals surface area (Å²) in [6.45, 7) is 8.37. The van der Waals surface area contributed by atoms with Crippen molar-refractivity contribution in [2.24, 2.45) is 0 Å². The van der Waals surface area contributed by atoms with Crippen LogP contribution in [0.25, 0.3) is 11.6 Å². The van der Waals surface area contributed by atoms with Crippen LogP contribution in [-0.2, 0) is 6.54 Å². The highest BCUT2D eigenvalue weighted by Crippen LogP contribution is 2.18. The average molecular weight is 267 g/mol. The van der Waals surface area contributed by atoms with Crippen LogP contribution in [0.3, 0.4) is 0 Å². The molecule has 0 bridgehead atoms. The van der Waals surface area contributed by atoms with Crippen LogP contribution < -0.4 is 9.88 Å². The van der Waals surface area contributed by atoms with Gasteiger partial charge in [-0.05, 0) is 49.6 Å². The monoisotopic (exact) mass is 267 g/mol. The van der Waals surface area contributed by atoms with Crippen LogP contribution in [-0.4, -0.2) is 6.54 Å². The van der Waals surface area contributed by atoms with Gasteiger partial charge in [-0.3, -0.25) is 0 Å². The number of pyridine rings is 1. The van der Waals surface area contributed by atoms with Crippen molar-refractivity contribution in [3.05, 3.63) is 59.9 Å². The highest BCUT2D eigenvalue weighted by molar-refractivity contribution is 5.80. The number of nitrogens with one attached hydrogen (secondary N) is 1. The quantitative estimate of drug-likeness (QED) is 0.810. The molecule has 1 aromatic heterocycles. The fourth-order valence-electron chi connectivity index (χ4n) is 2.17. The van der Waals surface area contributed by atoms with E-state index in [1.807, 2.05) is 0 Å². The molecule has 20 heavy (non-hydrogen) atoms. The summed E-state index contributed by atoms with van der Waals surface area (Å²) in [5.74, 6) is 0. The Morgan fingerprint density at radius 2 is 1.70 bits per heavy atom. The van der Waals surface area contributed by atoms with Crippen molar-refractivity contribution in [1.82, 2.24) is 0 Å². The molecule has 1 N–H and O–H groups in total. The van der Waals surface area contributed by atoms with Crippen molar-refractivity contribution in [2.75, 3.05) is 11.9 Å². The van der Waals surface area contributed by atoms with Gasteiger partial charge >= 0.3 is 0 Å². The fourth-order valence-corrected chi connectivity index (χ4v) is 2.17. The number of aromatic nitrogens is 1. The molecule has 0 unspecified atom stereocenters. The predicted molar refractivity (Wildman–Crippen MR) is 86.5 cm³/mol. The van der Waals surface area contributed by atoms with E-state index in [2.05, 4.69) is 85.5 Å². The maximum absolute atomic E-state index is 3.31. The van der Waals surface area contributed by atoms with Gasteiger partial charge in [0.1, 0.15) is 6.54 Å². The van der Waals surface area contributed by atoms with Gasteiger partial charge in [0.05, 0.1) is 0 Å². The number of hydrogen-bond acceptors (Lipinski definition) is 1. The summed E-state index contributed by atoms with van der Waals surface area (Å²) in [5, 5.41) is 3.31. The first-order valence-electron chi connectivity index (χ1n) is 7.24. The minimum atomic E-state index is 0.954. The normalized spacial score (nSPS) is 11.4. The van der Waals surface area contributed by atoms with E-state index in [9.17, 15) is 0 Å². The zero-order valence-corrected chi connectivity index (χ0v) is 12.6. The molecule has 0 atom stereocenters. The van der Waals surface area contributed by atoms with E-state index in [1.165, 1.54) is 22.4 Å². The third kappa shape index (κ3) is 3.70. The van der Waals surface area contributed by atoms with Gasteiger partial charge in [-0.1, -0.05) is 18.2 Å². The van der Waals surface area contributed by atoms with E-state index in [4.69, 9.17) is 0 Å². The van der Waals surface area contributed by atoms with Gasteiger partial charge in [-0.2, -0.15) is 0 Å². The molecular formula is C18H23N2+. The molecule has 0 saturated carbocycles. The first kappa shape index (κ1) is 14.3. The molecule has 0 aliphatic rings. The standard InChI is InChI=1S/C18H22N2/c1-4-19-18-8-6-16(7-9-18)14-15(3)17-10-12-20(5-2)13-11-17/h6-14H,4-5H2,1-3H3/p+1.